The van der Waals surface area contributed by atoms with E-state index in [2.05, 4.69) is 24.0 Å². The van der Waals surface area contributed by atoms with E-state index < -0.39 is 11.7 Å². The molecule has 4 aromatic carbocycles. The summed E-state index contributed by atoms with van der Waals surface area (Å²) in [6, 6.07) is 31.3. The number of ether oxygens (including phenoxy) is 1. The van der Waals surface area contributed by atoms with Crippen LogP contribution in [0.2, 0.25) is 0 Å². The standard InChI is InChI=1S/C38H37F3N4O2S/c1-28-8-5-6-13-35(28)44-18-20-45(21-19-44)37(46)34-27-48-36(42-34)25-43(24-31-11-7-12-32(22-31)38(39,40)41)23-29-14-16-33(17-15-29)47-26-30-9-3-2-4-10-30/h2-17,22,27H,18-21,23-26H2,1H3. The van der Waals surface area contributed by atoms with Crippen molar-refractivity contribution in [3.05, 3.63) is 147 Å². The van der Waals surface area contributed by atoms with Crippen LogP contribution < -0.4 is 9.64 Å². The number of aromatic nitrogens is 1. The minimum atomic E-state index is -4.42. The molecular formula is C38H37F3N4O2S. The third kappa shape index (κ3) is 8.62. The Morgan fingerprint density at radius 2 is 1.50 bits per heavy atom. The third-order valence-electron chi connectivity index (χ3n) is 8.39. The Balaban J connectivity index is 1.12. The molecule has 1 fully saturated rings. The number of halogens is 3. The molecule has 0 radical (unpaired) electrons. The van der Waals surface area contributed by atoms with Crippen LogP contribution in [0, 0.1) is 6.92 Å². The van der Waals surface area contributed by atoms with Gasteiger partial charge in [-0.1, -0.05) is 78.9 Å². The largest absolute Gasteiger partial charge is 0.489 e. The van der Waals surface area contributed by atoms with Crippen LogP contribution in [0.3, 0.4) is 0 Å². The van der Waals surface area contributed by atoms with Crippen LogP contribution in [-0.2, 0) is 32.4 Å². The average Bonchev–Trinajstić information content (AvgIpc) is 3.56. The summed E-state index contributed by atoms with van der Waals surface area (Å²) in [7, 11) is 0. The Morgan fingerprint density at radius 1 is 0.812 bits per heavy atom. The molecule has 0 aliphatic carbocycles. The molecule has 1 amide bonds. The van der Waals surface area contributed by atoms with Crippen molar-refractivity contribution in [3.63, 3.8) is 0 Å². The highest BCUT2D eigenvalue weighted by atomic mass is 32.1. The summed E-state index contributed by atoms with van der Waals surface area (Å²) in [5, 5.41) is 2.51. The number of hydrogen-bond donors (Lipinski definition) is 0. The Hall–Kier alpha value is -4.67. The summed E-state index contributed by atoms with van der Waals surface area (Å²) in [5.74, 6) is 0.632. The van der Waals surface area contributed by atoms with E-state index in [0.717, 1.165) is 41.0 Å². The number of carbonyl (C=O) groups excluding carboxylic acids is 1. The van der Waals surface area contributed by atoms with Gasteiger partial charge in [0.05, 0.1) is 12.1 Å². The van der Waals surface area contributed by atoms with Crippen LogP contribution >= 0.6 is 11.3 Å². The predicted molar refractivity (Wildman–Crippen MR) is 183 cm³/mol. The monoisotopic (exact) mass is 670 g/mol. The van der Waals surface area contributed by atoms with Gasteiger partial charge in [-0.3, -0.25) is 9.69 Å². The maximum absolute atomic E-state index is 13.5. The number of rotatable bonds is 11. The maximum atomic E-state index is 13.5. The smallest absolute Gasteiger partial charge is 0.416 e. The second kappa shape index (κ2) is 15.0. The first kappa shape index (κ1) is 33.2. The number of aryl methyl sites for hydroxylation is 1. The van der Waals surface area contributed by atoms with Crippen LogP contribution in [0.5, 0.6) is 5.75 Å². The second-order valence-corrected chi connectivity index (χ2v) is 12.9. The van der Waals surface area contributed by atoms with Crippen LogP contribution in [0.1, 0.15) is 43.3 Å². The molecule has 6 rings (SSSR count). The lowest BCUT2D eigenvalue weighted by atomic mass is 10.1. The number of carbonyl (C=O) groups is 1. The van der Waals surface area contributed by atoms with Gasteiger partial charge < -0.3 is 14.5 Å². The molecule has 1 saturated heterocycles. The summed E-state index contributed by atoms with van der Waals surface area (Å²) in [6.07, 6.45) is -4.42. The zero-order valence-electron chi connectivity index (χ0n) is 26.7. The van der Waals surface area contributed by atoms with Gasteiger partial charge in [-0.15, -0.1) is 11.3 Å². The van der Waals surface area contributed by atoms with Gasteiger partial charge in [0.25, 0.3) is 5.91 Å². The molecule has 0 atom stereocenters. The van der Waals surface area contributed by atoms with Crippen molar-refractivity contribution in [3.8, 4) is 5.75 Å². The van der Waals surface area contributed by atoms with Crippen LogP contribution in [0.25, 0.3) is 0 Å². The molecule has 48 heavy (non-hydrogen) atoms. The number of amides is 1. The lowest BCUT2D eigenvalue weighted by molar-refractivity contribution is -0.137. The molecule has 1 aliphatic heterocycles. The molecule has 6 nitrogen and oxygen atoms in total. The quantitative estimate of drug-likeness (QED) is 0.142. The minimum Gasteiger partial charge on any atom is -0.489 e. The van der Waals surface area contributed by atoms with Crippen molar-refractivity contribution in [2.75, 3.05) is 31.1 Å². The predicted octanol–water partition coefficient (Wildman–Crippen LogP) is 8.21. The molecule has 0 N–H and O–H groups in total. The van der Waals surface area contributed by atoms with Gasteiger partial charge in [0.15, 0.2) is 0 Å². The molecule has 0 saturated carbocycles. The maximum Gasteiger partial charge on any atom is 0.416 e. The first-order valence-corrected chi connectivity index (χ1v) is 16.8. The van der Waals surface area contributed by atoms with E-state index in [1.54, 1.807) is 11.4 Å². The number of nitrogens with zero attached hydrogens (tertiary/aromatic N) is 4. The number of hydrogen-bond acceptors (Lipinski definition) is 6. The van der Waals surface area contributed by atoms with Gasteiger partial charge >= 0.3 is 6.18 Å². The fourth-order valence-electron chi connectivity index (χ4n) is 5.87. The van der Waals surface area contributed by atoms with Crippen LogP contribution in [0.4, 0.5) is 18.9 Å². The molecule has 248 valence electrons. The number of para-hydroxylation sites is 1. The zero-order valence-corrected chi connectivity index (χ0v) is 27.5. The summed E-state index contributed by atoms with van der Waals surface area (Å²) in [5.41, 5.74) is 4.72. The SMILES string of the molecule is Cc1ccccc1N1CCN(C(=O)c2csc(CN(Cc3ccc(OCc4ccccc4)cc3)Cc3cccc(C(F)(F)F)c3)n2)CC1. The van der Waals surface area contributed by atoms with Gasteiger partial charge in [0.1, 0.15) is 23.1 Å². The average molecular weight is 671 g/mol. The van der Waals surface area contributed by atoms with Crippen molar-refractivity contribution < 1.29 is 22.7 Å². The van der Waals surface area contributed by atoms with Gasteiger partial charge in [-0.25, -0.2) is 4.98 Å². The van der Waals surface area contributed by atoms with E-state index in [4.69, 9.17) is 9.72 Å². The summed E-state index contributed by atoms with van der Waals surface area (Å²) >= 11 is 1.39. The van der Waals surface area contributed by atoms with Gasteiger partial charge in [0.2, 0.25) is 0 Å². The van der Waals surface area contributed by atoms with Gasteiger partial charge in [0, 0.05) is 50.3 Å². The first-order valence-electron chi connectivity index (χ1n) is 15.9. The van der Waals surface area contributed by atoms with Crippen LogP contribution in [0.15, 0.2) is 109 Å². The van der Waals surface area contributed by atoms with Crippen molar-refractivity contribution in [1.82, 2.24) is 14.8 Å². The number of piperazine rings is 1. The number of benzene rings is 4. The summed E-state index contributed by atoms with van der Waals surface area (Å²) in [6.45, 7) is 6.37. The highest BCUT2D eigenvalue weighted by Crippen LogP contribution is 2.30. The highest BCUT2D eigenvalue weighted by molar-refractivity contribution is 7.09. The molecule has 1 aromatic heterocycles. The van der Waals surface area contributed by atoms with Crippen molar-refractivity contribution in [2.45, 2.75) is 39.3 Å². The molecule has 2 heterocycles. The Kier molecular flexibility index (Phi) is 10.4. The van der Waals surface area contributed by atoms with E-state index >= 15 is 0 Å². The molecule has 0 spiro atoms. The lowest BCUT2D eigenvalue weighted by Gasteiger charge is -2.36. The Labute approximate surface area is 283 Å². The molecule has 1 aliphatic rings. The van der Waals surface area contributed by atoms with Crippen molar-refractivity contribution >= 4 is 22.9 Å². The topological polar surface area (TPSA) is 48.9 Å². The highest BCUT2D eigenvalue weighted by Gasteiger charge is 2.30. The zero-order chi connectivity index (χ0) is 33.5. The van der Waals surface area contributed by atoms with Crippen LogP contribution in [-0.4, -0.2) is 46.9 Å². The number of anilines is 1. The van der Waals surface area contributed by atoms with E-state index in [9.17, 15) is 18.0 Å². The van der Waals surface area contributed by atoms with E-state index in [1.165, 1.54) is 34.7 Å². The third-order valence-corrected chi connectivity index (χ3v) is 9.22. The van der Waals surface area contributed by atoms with Gasteiger partial charge in [-0.05, 0) is 53.4 Å². The molecule has 0 unspecified atom stereocenters. The first-order chi connectivity index (χ1) is 23.2. The number of alkyl halides is 3. The summed E-state index contributed by atoms with van der Waals surface area (Å²) in [4.78, 5) is 24.3. The lowest BCUT2D eigenvalue weighted by Crippen LogP contribution is -2.49. The fraction of sp³-hybridized carbons (Fsp3) is 0.263. The number of thiazole rings is 1. The molecule has 5 aromatic rings. The normalized spacial score (nSPS) is 13.6. The minimum absolute atomic E-state index is 0.0996. The molecule has 0 bridgehead atoms. The van der Waals surface area contributed by atoms with Crippen molar-refractivity contribution in [2.24, 2.45) is 0 Å². The molecular weight excluding hydrogens is 634 g/mol. The Bertz CT molecular complexity index is 1800. The summed E-state index contributed by atoms with van der Waals surface area (Å²) < 4.78 is 46.4. The van der Waals surface area contributed by atoms with Gasteiger partial charge in [-0.2, -0.15) is 13.2 Å². The van der Waals surface area contributed by atoms with E-state index in [-0.39, 0.29) is 12.5 Å². The Morgan fingerprint density at radius 3 is 2.23 bits per heavy atom. The molecule has 10 heteroatoms. The van der Waals surface area contributed by atoms with E-state index in [0.29, 0.717) is 44.0 Å². The van der Waals surface area contributed by atoms with E-state index in [1.807, 2.05) is 76.5 Å². The second-order valence-electron chi connectivity index (χ2n) is 12.0. The van der Waals surface area contributed by atoms with Crippen molar-refractivity contribution in [1.29, 1.82) is 0 Å². The fourth-order valence-corrected chi connectivity index (χ4v) is 6.68.